The van der Waals surface area contributed by atoms with Crippen LogP contribution in [0.15, 0.2) is 0 Å². The Morgan fingerprint density at radius 3 is 2.27 bits per heavy atom. The van der Waals surface area contributed by atoms with Gasteiger partial charge in [0.1, 0.15) is 0 Å². The van der Waals surface area contributed by atoms with E-state index >= 15 is 0 Å². The molecule has 0 aromatic carbocycles. The van der Waals surface area contributed by atoms with E-state index in [1.165, 1.54) is 0 Å². The molecule has 0 fully saturated rings. The molecule has 67 valence electrons. The van der Waals surface area contributed by atoms with Crippen molar-refractivity contribution in [3.05, 3.63) is 6.92 Å². The van der Waals surface area contributed by atoms with Crippen LogP contribution in [0.25, 0.3) is 0 Å². The summed E-state index contributed by atoms with van der Waals surface area (Å²) in [6.07, 6.45) is 5.14. The van der Waals surface area contributed by atoms with Crippen LogP contribution < -0.4 is 0 Å². The largest absolute Gasteiger partial charge is 0.375 e. The van der Waals surface area contributed by atoms with Crippen LogP contribution in [0.1, 0.15) is 46.5 Å². The Bertz CT molecular complexity index is 80.9. The minimum Gasteiger partial charge on any atom is -0.375 e. The van der Waals surface area contributed by atoms with E-state index < -0.39 is 0 Å². The lowest BCUT2D eigenvalue weighted by molar-refractivity contribution is -0.00930. The van der Waals surface area contributed by atoms with Crippen molar-refractivity contribution < 1.29 is 4.74 Å². The third-order valence-corrected chi connectivity index (χ3v) is 1.98. The van der Waals surface area contributed by atoms with E-state index in [4.69, 9.17) is 4.74 Å². The highest BCUT2D eigenvalue weighted by molar-refractivity contribution is 4.59. The van der Waals surface area contributed by atoms with Gasteiger partial charge in [-0.1, -0.05) is 27.2 Å². The molecule has 0 spiro atoms. The molecule has 1 nitrogen and oxygen atoms in total. The summed E-state index contributed by atoms with van der Waals surface area (Å²) in [5.74, 6) is 0. The predicted octanol–water partition coefficient (Wildman–Crippen LogP) is 3.19. The van der Waals surface area contributed by atoms with Gasteiger partial charge in [-0.3, -0.25) is 0 Å². The van der Waals surface area contributed by atoms with Gasteiger partial charge in [0.2, 0.25) is 0 Å². The summed E-state index contributed by atoms with van der Waals surface area (Å²) in [5, 5.41) is 0. The van der Waals surface area contributed by atoms with E-state index in [2.05, 4.69) is 27.7 Å². The van der Waals surface area contributed by atoms with Crippen LogP contribution >= 0.6 is 0 Å². The average molecular weight is 157 g/mol. The summed E-state index contributed by atoms with van der Waals surface area (Å²) in [4.78, 5) is 0. The van der Waals surface area contributed by atoms with Crippen LogP contribution in [-0.4, -0.2) is 12.2 Å². The maximum absolute atomic E-state index is 5.75. The Morgan fingerprint density at radius 1 is 1.27 bits per heavy atom. The highest BCUT2D eigenvalue weighted by Gasteiger charge is 2.08. The van der Waals surface area contributed by atoms with Gasteiger partial charge in [-0.05, 0) is 26.2 Å². The Balaban J connectivity index is 3.49. The first-order valence-electron chi connectivity index (χ1n) is 4.69. The molecule has 0 saturated heterocycles. The minimum atomic E-state index is 0.409. The zero-order valence-electron chi connectivity index (χ0n) is 8.10. The van der Waals surface area contributed by atoms with E-state index in [9.17, 15) is 0 Å². The molecule has 0 heterocycles. The standard InChI is InChI=1S/C10H21O/c1-5-8-10(7-3)11-9(4)6-2/h9-10H,1,5-8H2,2-4H3. The van der Waals surface area contributed by atoms with Crippen molar-refractivity contribution >= 4 is 0 Å². The quantitative estimate of drug-likeness (QED) is 0.575. The molecular weight excluding hydrogens is 136 g/mol. The first-order valence-corrected chi connectivity index (χ1v) is 4.69. The Morgan fingerprint density at radius 2 is 1.91 bits per heavy atom. The lowest BCUT2D eigenvalue weighted by Crippen LogP contribution is -2.18. The van der Waals surface area contributed by atoms with Gasteiger partial charge < -0.3 is 4.74 Å². The average Bonchev–Trinajstić information content (AvgIpc) is 2.03. The summed E-state index contributed by atoms with van der Waals surface area (Å²) in [6, 6.07) is 0. The van der Waals surface area contributed by atoms with Gasteiger partial charge >= 0.3 is 0 Å². The van der Waals surface area contributed by atoms with Crippen molar-refractivity contribution in [2.45, 2.75) is 58.7 Å². The van der Waals surface area contributed by atoms with Crippen molar-refractivity contribution in [3.8, 4) is 0 Å². The fourth-order valence-electron chi connectivity index (χ4n) is 1.02. The molecular formula is C10H21O. The fourth-order valence-corrected chi connectivity index (χ4v) is 1.02. The van der Waals surface area contributed by atoms with Crippen molar-refractivity contribution in [2.75, 3.05) is 0 Å². The summed E-state index contributed by atoms with van der Waals surface area (Å²) in [5.41, 5.74) is 0. The predicted molar refractivity (Wildman–Crippen MR) is 49.5 cm³/mol. The third-order valence-electron chi connectivity index (χ3n) is 1.98. The molecule has 0 aliphatic carbocycles. The molecule has 0 aromatic heterocycles. The molecule has 2 unspecified atom stereocenters. The van der Waals surface area contributed by atoms with Gasteiger partial charge in [-0.15, -0.1) is 0 Å². The molecule has 0 bridgehead atoms. The van der Waals surface area contributed by atoms with Crippen molar-refractivity contribution in [1.82, 2.24) is 0 Å². The van der Waals surface area contributed by atoms with Crippen LogP contribution in [-0.2, 0) is 4.74 Å². The second kappa shape index (κ2) is 6.66. The van der Waals surface area contributed by atoms with Gasteiger partial charge in [0, 0.05) is 0 Å². The molecule has 0 aliphatic rings. The summed E-state index contributed by atoms with van der Waals surface area (Å²) in [7, 11) is 0. The second-order valence-electron chi connectivity index (χ2n) is 3.03. The number of rotatable bonds is 6. The van der Waals surface area contributed by atoms with E-state index in [0.717, 1.165) is 25.7 Å². The minimum absolute atomic E-state index is 0.409. The van der Waals surface area contributed by atoms with Gasteiger partial charge in [-0.2, -0.15) is 0 Å². The van der Waals surface area contributed by atoms with Crippen molar-refractivity contribution in [3.63, 3.8) is 0 Å². The Kier molecular flexibility index (Phi) is 6.63. The maximum Gasteiger partial charge on any atom is 0.0576 e. The first-order chi connectivity index (χ1) is 5.24. The van der Waals surface area contributed by atoms with Gasteiger partial charge in [0.15, 0.2) is 0 Å². The topological polar surface area (TPSA) is 9.23 Å². The Labute approximate surface area is 71.1 Å². The van der Waals surface area contributed by atoms with Gasteiger partial charge in [0.25, 0.3) is 0 Å². The zero-order chi connectivity index (χ0) is 8.69. The normalized spacial score (nSPS) is 16.4. The smallest absolute Gasteiger partial charge is 0.0576 e. The highest BCUT2D eigenvalue weighted by atomic mass is 16.5. The van der Waals surface area contributed by atoms with Gasteiger partial charge in [0.05, 0.1) is 12.2 Å². The summed E-state index contributed by atoms with van der Waals surface area (Å²) >= 11 is 0. The van der Waals surface area contributed by atoms with Crippen LogP contribution in [0.5, 0.6) is 0 Å². The van der Waals surface area contributed by atoms with Crippen molar-refractivity contribution in [1.29, 1.82) is 0 Å². The number of ether oxygens (including phenoxy) is 1. The number of hydrogen-bond donors (Lipinski definition) is 0. The summed E-state index contributed by atoms with van der Waals surface area (Å²) in [6.45, 7) is 10.3. The van der Waals surface area contributed by atoms with E-state index in [1.54, 1.807) is 0 Å². The van der Waals surface area contributed by atoms with Gasteiger partial charge in [-0.25, -0.2) is 0 Å². The van der Waals surface area contributed by atoms with Crippen molar-refractivity contribution in [2.24, 2.45) is 0 Å². The highest BCUT2D eigenvalue weighted by Crippen LogP contribution is 2.10. The van der Waals surface area contributed by atoms with Crippen LogP contribution in [0.2, 0.25) is 0 Å². The fraction of sp³-hybridized carbons (Fsp3) is 0.900. The summed E-state index contributed by atoms with van der Waals surface area (Å²) < 4.78 is 5.75. The van der Waals surface area contributed by atoms with Crippen LogP contribution in [0.3, 0.4) is 0 Å². The maximum atomic E-state index is 5.75. The Hall–Kier alpha value is -0.0400. The molecule has 0 N–H and O–H groups in total. The third kappa shape index (κ3) is 5.25. The molecule has 1 radical (unpaired) electrons. The van der Waals surface area contributed by atoms with Crippen LogP contribution in [0, 0.1) is 6.92 Å². The lowest BCUT2D eigenvalue weighted by atomic mass is 10.1. The van der Waals surface area contributed by atoms with E-state index in [0.29, 0.717) is 12.2 Å². The van der Waals surface area contributed by atoms with Crippen LogP contribution in [0.4, 0.5) is 0 Å². The molecule has 11 heavy (non-hydrogen) atoms. The zero-order valence-corrected chi connectivity index (χ0v) is 8.10. The monoisotopic (exact) mass is 157 g/mol. The molecule has 1 heteroatoms. The van der Waals surface area contributed by atoms with E-state index in [1.807, 2.05) is 0 Å². The SMILES string of the molecule is [CH2]CCC(CC)OC(C)CC. The molecule has 0 aromatic rings. The molecule has 0 aliphatic heterocycles. The molecule has 0 saturated carbocycles. The molecule has 0 amide bonds. The van der Waals surface area contributed by atoms with E-state index in [-0.39, 0.29) is 0 Å². The molecule has 0 rings (SSSR count). The first kappa shape index (κ1) is 11.0. The second-order valence-corrected chi connectivity index (χ2v) is 3.03. The number of hydrogen-bond acceptors (Lipinski definition) is 1. The lowest BCUT2D eigenvalue weighted by Gasteiger charge is -2.19. The molecule has 2 atom stereocenters.